The summed E-state index contributed by atoms with van der Waals surface area (Å²) in [5.41, 5.74) is 0.359. The molecule has 0 saturated heterocycles. The van der Waals surface area contributed by atoms with Crippen molar-refractivity contribution in [3.63, 3.8) is 0 Å². The molecule has 0 aliphatic rings. The van der Waals surface area contributed by atoms with E-state index in [1.54, 1.807) is 24.3 Å². The van der Waals surface area contributed by atoms with Gasteiger partial charge in [0.1, 0.15) is 6.04 Å². The second-order valence-electron chi connectivity index (χ2n) is 5.04. The summed E-state index contributed by atoms with van der Waals surface area (Å²) in [5.74, 6) is -1.50. The van der Waals surface area contributed by atoms with Crippen molar-refractivity contribution in [3.8, 4) is 0 Å². The summed E-state index contributed by atoms with van der Waals surface area (Å²) in [4.78, 5) is 35.2. The van der Waals surface area contributed by atoms with Gasteiger partial charge < -0.3 is 15.7 Å². The lowest BCUT2D eigenvalue weighted by atomic mass is 10.2. The fourth-order valence-electron chi connectivity index (χ4n) is 1.62. The van der Waals surface area contributed by atoms with E-state index >= 15 is 0 Å². The van der Waals surface area contributed by atoms with Gasteiger partial charge in [-0.05, 0) is 32.9 Å². The van der Waals surface area contributed by atoms with E-state index < -0.39 is 17.9 Å². The third-order valence-electron chi connectivity index (χ3n) is 2.66. The molecule has 1 atom stereocenters. The van der Waals surface area contributed by atoms with Gasteiger partial charge in [-0.3, -0.25) is 14.4 Å². The number of benzene rings is 1. The van der Waals surface area contributed by atoms with Crippen LogP contribution in [0, 0.1) is 0 Å². The number of hydrogen-bond acceptors (Lipinski definition) is 4. The van der Waals surface area contributed by atoms with Crippen LogP contribution in [0.3, 0.4) is 0 Å². The van der Waals surface area contributed by atoms with Crippen LogP contribution in [0.4, 0.5) is 0 Å². The first-order valence-corrected chi connectivity index (χ1v) is 7.84. The quantitative estimate of drug-likeness (QED) is 0.661. The van der Waals surface area contributed by atoms with E-state index in [0.29, 0.717) is 10.5 Å². The fraction of sp³-hybridized carbons (Fsp3) is 0.400. The van der Waals surface area contributed by atoms with Gasteiger partial charge in [0, 0.05) is 10.9 Å². The molecule has 1 unspecified atom stereocenters. The first-order valence-electron chi connectivity index (χ1n) is 6.86. The molecule has 0 aromatic heterocycles. The van der Waals surface area contributed by atoms with Gasteiger partial charge in [0.2, 0.25) is 5.91 Å². The molecule has 0 bridgehead atoms. The van der Waals surface area contributed by atoms with Crippen molar-refractivity contribution in [2.75, 3.05) is 5.75 Å². The van der Waals surface area contributed by atoms with Crippen molar-refractivity contribution in [2.24, 2.45) is 0 Å². The molecule has 0 spiro atoms. The maximum absolute atomic E-state index is 12.1. The van der Waals surface area contributed by atoms with Crippen molar-refractivity contribution in [1.82, 2.24) is 10.6 Å². The summed E-state index contributed by atoms with van der Waals surface area (Å²) >= 11 is 1.24. The Balaban J connectivity index is 2.75. The summed E-state index contributed by atoms with van der Waals surface area (Å²) in [6.45, 7) is 5.14. The van der Waals surface area contributed by atoms with Crippen LogP contribution < -0.4 is 10.6 Å². The van der Waals surface area contributed by atoms with Gasteiger partial charge in [-0.1, -0.05) is 12.1 Å². The molecule has 1 aromatic carbocycles. The second-order valence-corrected chi connectivity index (χ2v) is 6.06. The molecule has 0 aliphatic carbocycles. The second kappa shape index (κ2) is 8.43. The predicted octanol–water partition coefficient (Wildman–Crippen LogP) is 1.51. The molecule has 1 aromatic rings. The Morgan fingerprint density at radius 1 is 1.14 bits per heavy atom. The summed E-state index contributed by atoms with van der Waals surface area (Å²) in [7, 11) is 0. The first kappa shape index (κ1) is 18.0. The third kappa shape index (κ3) is 5.77. The van der Waals surface area contributed by atoms with Crippen molar-refractivity contribution >= 4 is 29.5 Å². The minimum absolute atomic E-state index is 0.0584. The van der Waals surface area contributed by atoms with Crippen LogP contribution in [0.25, 0.3) is 0 Å². The molecule has 120 valence electrons. The largest absolute Gasteiger partial charge is 0.480 e. The molecule has 0 heterocycles. The molecule has 1 rings (SSSR count). The Labute approximate surface area is 133 Å². The highest BCUT2D eigenvalue weighted by Gasteiger charge is 2.18. The van der Waals surface area contributed by atoms with Crippen LogP contribution in [-0.2, 0) is 9.59 Å². The molecule has 0 saturated carbocycles. The number of amides is 2. The summed E-state index contributed by atoms with van der Waals surface area (Å²) in [5, 5.41) is 14.0. The maximum Gasteiger partial charge on any atom is 0.325 e. The number of rotatable bonds is 7. The Hall–Kier alpha value is -2.02. The highest BCUT2D eigenvalue weighted by atomic mass is 32.2. The Morgan fingerprint density at radius 3 is 2.36 bits per heavy atom. The van der Waals surface area contributed by atoms with E-state index in [-0.39, 0.29) is 17.7 Å². The van der Waals surface area contributed by atoms with E-state index in [1.807, 2.05) is 13.8 Å². The average molecular weight is 324 g/mol. The first-order chi connectivity index (χ1) is 10.3. The molecular formula is C15H20N2O4S. The molecule has 0 radical (unpaired) electrons. The zero-order chi connectivity index (χ0) is 16.7. The molecular weight excluding hydrogens is 304 g/mol. The lowest BCUT2D eigenvalue weighted by Crippen LogP contribution is -2.38. The van der Waals surface area contributed by atoms with Crippen LogP contribution in [-0.4, -0.2) is 40.7 Å². The van der Waals surface area contributed by atoms with Gasteiger partial charge in [-0.2, -0.15) is 0 Å². The monoisotopic (exact) mass is 324 g/mol. The van der Waals surface area contributed by atoms with Crippen LogP contribution >= 0.6 is 11.8 Å². The Bertz CT molecular complexity index is 560. The van der Waals surface area contributed by atoms with Crippen LogP contribution in [0.2, 0.25) is 0 Å². The minimum atomic E-state index is -1.10. The number of nitrogens with one attached hydrogen (secondary N) is 2. The molecule has 22 heavy (non-hydrogen) atoms. The molecule has 0 aliphatic heterocycles. The smallest absolute Gasteiger partial charge is 0.325 e. The van der Waals surface area contributed by atoms with Gasteiger partial charge in [-0.25, -0.2) is 0 Å². The molecule has 6 nitrogen and oxygen atoms in total. The van der Waals surface area contributed by atoms with E-state index in [0.717, 1.165) is 0 Å². The van der Waals surface area contributed by atoms with Gasteiger partial charge in [-0.15, -0.1) is 11.8 Å². The molecule has 7 heteroatoms. The fourth-order valence-corrected chi connectivity index (χ4v) is 2.48. The Kier molecular flexibility index (Phi) is 6.91. The highest BCUT2D eigenvalue weighted by molar-refractivity contribution is 8.00. The number of carboxylic acids is 1. The van der Waals surface area contributed by atoms with Crippen LogP contribution in [0.15, 0.2) is 29.2 Å². The van der Waals surface area contributed by atoms with Gasteiger partial charge >= 0.3 is 5.97 Å². The van der Waals surface area contributed by atoms with Crippen LogP contribution in [0.1, 0.15) is 31.1 Å². The zero-order valence-electron chi connectivity index (χ0n) is 12.8. The standard InChI is InChI=1S/C15H20N2O4S/c1-9(2)16-13(18)8-22-12-7-5-4-6-11(12)14(19)17-10(3)15(20)21/h4-7,9-10H,8H2,1-3H3,(H,16,18)(H,17,19)(H,20,21). The maximum atomic E-state index is 12.1. The van der Waals surface area contributed by atoms with Crippen LogP contribution in [0.5, 0.6) is 0 Å². The molecule has 2 amide bonds. The average Bonchev–Trinajstić information content (AvgIpc) is 2.44. The number of thioether (sulfide) groups is 1. The van der Waals surface area contributed by atoms with Crippen molar-refractivity contribution in [1.29, 1.82) is 0 Å². The minimum Gasteiger partial charge on any atom is -0.480 e. The van der Waals surface area contributed by atoms with E-state index in [2.05, 4.69) is 10.6 Å². The lowest BCUT2D eigenvalue weighted by molar-refractivity contribution is -0.138. The number of hydrogen-bond donors (Lipinski definition) is 3. The third-order valence-corrected chi connectivity index (χ3v) is 3.73. The summed E-state index contributed by atoms with van der Waals surface area (Å²) < 4.78 is 0. The van der Waals surface area contributed by atoms with Gasteiger partial charge in [0.05, 0.1) is 11.3 Å². The molecule has 0 fully saturated rings. The summed E-state index contributed by atoms with van der Waals surface area (Å²) in [6.07, 6.45) is 0. The molecule has 3 N–H and O–H groups in total. The van der Waals surface area contributed by atoms with E-state index in [4.69, 9.17) is 5.11 Å². The number of carboxylic acid groups (broad SMARTS) is 1. The lowest BCUT2D eigenvalue weighted by Gasteiger charge is -2.13. The van der Waals surface area contributed by atoms with E-state index in [9.17, 15) is 14.4 Å². The Morgan fingerprint density at radius 2 is 1.77 bits per heavy atom. The normalized spacial score (nSPS) is 11.8. The van der Waals surface area contributed by atoms with Crippen molar-refractivity contribution in [2.45, 2.75) is 37.8 Å². The van der Waals surface area contributed by atoms with E-state index in [1.165, 1.54) is 18.7 Å². The predicted molar refractivity (Wildman–Crippen MR) is 85.0 cm³/mol. The number of aliphatic carboxylic acids is 1. The number of carbonyl (C=O) groups excluding carboxylic acids is 2. The zero-order valence-corrected chi connectivity index (χ0v) is 13.6. The van der Waals surface area contributed by atoms with Gasteiger partial charge in [0.25, 0.3) is 5.91 Å². The van der Waals surface area contributed by atoms with Gasteiger partial charge in [0.15, 0.2) is 0 Å². The van der Waals surface area contributed by atoms with Crippen molar-refractivity contribution < 1.29 is 19.5 Å². The SMILES string of the molecule is CC(C)NC(=O)CSc1ccccc1C(=O)NC(C)C(=O)O. The van der Waals surface area contributed by atoms with Crippen molar-refractivity contribution in [3.05, 3.63) is 29.8 Å². The highest BCUT2D eigenvalue weighted by Crippen LogP contribution is 2.22. The topological polar surface area (TPSA) is 95.5 Å². The number of carbonyl (C=O) groups is 3. The summed E-state index contributed by atoms with van der Waals surface area (Å²) in [6, 6.07) is 5.87.